The van der Waals surface area contributed by atoms with Crippen LogP contribution in [0, 0.1) is 0 Å². The van der Waals surface area contributed by atoms with Gasteiger partial charge in [0.25, 0.3) is 0 Å². The lowest BCUT2D eigenvalue weighted by Crippen LogP contribution is -1.87. The molecular formula is C14H11ClO3S. The van der Waals surface area contributed by atoms with Gasteiger partial charge < -0.3 is 9.84 Å². The number of phenolic OH excluding ortho intramolecular Hbond substituents is 1. The number of aldehydes is 1. The van der Waals surface area contributed by atoms with Gasteiger partial charge in [-0.25, -0.2) is 0 Å². The van der Waals surface area contributed by atoms with E-state index in [-0.39, 0.29) is 16.3 Å². The zero-order valence-corrected chi connectivity index (χ0v) is 11.7. The fourth-order valence-corrected chi connectivity index (χ4v) is 2.91. The Morgan fingerprint density at radius 3 is 2.68 bits per heavy atom. The van der Waals surface area contributed by atoms with E-state index in [0.717, 1.165) is 15.5 Å². The van der Waals surface area contributed by atoms with Crippen molar-refractivity contribution in [1.82, 2.24) is 0 Å². The van der Waals surface area contributed by atoms with Gasteiger partial charge >= 0.3 is 0 Å². The van der Waals surface area contributed by atoms with E-state index >= 15 is 0 Å². The van der Waals surface area contributed by atoms with Crippen LogP contribution < -0.4 is 4.74 Å². The summed E-state index contributed by atoms with van der Waals surface area (Å²) in [6.07, 6.45) is 0.537. The number of benzene rings is 2. The lowest BCUT2D eigenvalue weighted by atomic mass is 10.2. The van der Waals surface area contributed by atoms with E-state index in [1.807, 2.05) is 24.3 Å². The summed E-state index contributed by atoms with van der Waals surface area (Å²) in [4.78, 5) is 12.4. The lowest BCUT2D eigenvalue weighted by molar-refractivity contribution is 0.112. The maximum Gasteiger partial charge on any atom is 0.155 e. The summed E-state index contributed by atoms with van der Waals surface area (Å²) < 4.78 is 5.25. The van der Waals surface area contributed by atoms with Crippen molar-refractivity contribution >= 4 is 29.6 Å². The molecular weight excluding hydrogens is 284 g/mol. The van der Waals surface area contributed by atoms with E-state index in [1.54, 1.807) is 13.2 Å². The van der Waals surface area contributed by atoms with Gasteiger partial charge in [-0.2, -0.15) is 0 Å². The number of phenols is 1. The Bertz CT molecular complexity index is 590. The average Bonchev–Trinajstić information content (AvgIpc) is 2.39. The van der Waals surface area contributed by atoms with Crippen LogP contribution in [0.3, 0.4) is 0 Å². The minimum atomic E-state index is -0.125. The summed E-state index contributed by atoms with van der Waals surface area (Å²) in [7, 11) is 1.60. The van der Waals surface area contributed by atoms with E-state index < -0.39 is 0 Å². The van der Waals surface area contributed by atoms with Crippen LogP contribution in [-0.2, 0) is 0 Å². The van der Waals surface area contributed by atoms with Crippen molar-refractivity contribution in [3.8, 4) is 11.5 Å². The highest BCUT2D eigenvalue weighted by molar-refractivity contribution is 7.99. The Kier molecular flexibility index (Phi) is 4.35. The molecule has 0 radical (unpaired) electrons. The number of rotatable bonds is 4. The number of hydrogen-bond acceptors (Lipinski definition) is 4. The summed E-state index contributed by atoms with van der Waals surface area (Å²) in [6, 6.07) is 10.7. The second-order valence-corrected chi connectivity index (χ2v) is 5.23. The van der Waals surface area contributed by atoms with Crippen molar-refractivity contribution in [2.45, 2.75) is 9.79 Å². The van der Waals surface area contributed by atoms with Gasteiger partial charge in [-0.3, -0.25) is 4.79 Å². The van der Waals surface area contributed by atoms with Gasteiger partial charge in [0, 0.05) is 4.90 Å². The number of carbonyl (C=O) groups excluding carboxylic acids is 1. The largest absolute Gasteiger partial charge is 0.507 e. The molecule has 2 aromatic carbocycles. The predicted octanol–water partition coefficient (Wildman–Crippen LogP) is 4.02. The smallest absolute Gasteiger partial charge is 0.155 e. The van der Waals surface area contributed by atoms with E-state index in [2.05, 4.69) is 0 Å². The molecule has 98 valence electrons. The van der Waals surface area contributed by atoms with Gasteiger partial charge in [-0.1, -0.05) is 35.5 Å². The number of para-hydroxylation sites is 1. The maximum atomic E-state index is 10.7. The molecule has 3 nitrogen and oxygen atoms in total. The molecule has 19 heavy (non-hydrogen) atoms. The molecule has 5 heteroatoms. The molecule has 0 aliphatic carbocycles. The van der Waals surface area contributed by atoms with Gasteiger partial charge in [0.2, 0.25) is 0 Å². The molecule has 0 aliphatic heterocycles. The summed E-state index contributed by atoms with van der Waals surface area (Å²) >= 11 is 7.34. The van der Waals surface area contributed by atoms with Crippen LogP contribution in [0.25, 0.3) is 0 Å². The SMILES string of the molecule is COc1ccccc1Sc1cc(O)c(C=O)c(Cl)c1. The van der Waals surface area contributed by atoms with Crippen molar-refractivity contribution in [2.24, 2.45) is 0 Å². The molecule has 0 aromatic heterocycles. The van der Waals surface area contributed by atoms with Crippen molar-refractivity contribution in [2.75, 3.05) is 7.11 Å². The third-order valence-electron chi connectivity index (χ3n) is 2.50. The maximum absolute atomic E-state index is 10.7. The molecule has 2 aromatic rings. The molecule has 0 amide bonds. The fraction of sp³-hybridized carbons (Fsp3) is 0.0714. The highest BCUT2D eigenvalue weighted by atomic mass is 35.5. The molecule has 2 rings (SSSR count). The van der Waals surface area contributed by atoms with Crippen LogP contribution in [0.1, 0.15) is 10.4 Å². The van der Waals surface area contributed by atoms with E-state index in [4.69, 9.17) is 16.3 Å². The van der Waals surface area contributed by atoms with Gasteiger partial charge in [-0.05, 0) is 24.3 Å². The third kappa shape index (κ3) is 3.03. The second kappa shape index (κ2) is 5.99. The normalized spacial score (nSPS) is 10.2. The van der Waals surface area contributed by atoms with Crippen molar-refractivity contribution in [3.63, 3.8) is 0 Å². The number of aromatic hydroxyl groups is 1. The van der Waals surface area contributed by atoms with Crippen LogP contribution in [0.2, 0.25) is 5.02 Å². The summed E-state index contributed by atoms with van der Waals surface area (Å²) in [5, 5.41) is 9.95. The first-order valence-corrected chi connectivity index (χ1v) is 6.63. The monoisotopic (exact) mass is 294 g/mol. The zero-order valence-electron chi connectivity index (χ0n) is 10.1. The summed E-state index contributed by atoms with van der Waals surface area (Å²) in [5.74, 6) is 0.613. The fourth-order valence-electron chi connectivity index (χ4n) is 1.58. The standard InChI is InChI=1S/C14H11ClO3S/c1-18-13-4-2-3-5-14(13)19-9-6-11(15)10(8-16)12(17)7-9/h2-8,17H,1H3. The van der Waals surface area contributed by atoms with Crippen molar-refractivity contribution < 1.29 is 14.6 Å². The Labute approximate surface area is 120 Å². The number of hydrogen-bond donors (Lipinski definition) is 1. The summed E-state index contributed by atoms with van der Waals surface area (Å²) in [6.45, 7) is 0. The van der Waals surface area contributed by atoms with Gasteiger partial charge in [0.05, 0.1) is 22.6 Å². The van der Waals surface area contributed by atoms with Crippen LogP contribution in [0.4, 0.5) is 0 Å². The molecule has 0 atom stereocenters. The third-order valence-corrected chi connectivity index (χ3v) is 3.84. The molecule has 0 fully saturated rings. The minimum absolute atomic E-state index is 0.103. The van der Waals surface area contributed by atoms with E-state index in [9.17, 15) is 9.90 Å². The van der Waals surface area contributed by atoms with Crippen molar-refractivity contribution in [3.05, 3.63) is 47.0 Å². The van der Waals surface area contributed by atoms with Crippen LogP contribution in [-0.4, -0.2) is 18.5 Å². The number of carbonyl (C=O) groups is 1. The quantitative estimate of drug-likeness (QED) is 0.865. The number of halogens is 1. The predicted molar refractivity (Wildman–Crippen MR) is 75.6 cm³/mol. The molecule has 0 bridgehead atoms. The zero-order chi connectivity index (χ0) is 13.8. The molecule has 0 heterocycles. The van der Waals surface area contributed by atoms with E-state index in [0.29, 0.717) is 6.29 Å². The second-order valence-electron chi connectivity index (χ2n) is 3.71. The van der Waals surface area contributed by atoms with Gasteiger partial charge in [-0.15, -0.1) is 0 Å². The van der Waals surface area contributed by atoms with Crippen molar-refractivity contribution in [1.29, 1.82) is 0 Å². The Morgan fingerprint density at radius 2 is 2.05 bits per heavy atom. The van der Waals surface area contributed by atoms with Crippen LogP contribution in [0.5, 0.6) is 11.5 Å². The minimum Gasteiger partial charge on any atom is -0.507 e. The van der Waals surface area contributed by atoms with Gasteiger partial charge in [0.15, 0.2) is 6.29 Å². The van der Waals surface area contributed by atoms with Crippen LogP contribution >= 0.6 is 23.4 Å². The molecule has 1 N–H and O–H groups in total. The highest BCUT2D eigenvalue weighted by Gasteiger charge is 2.10. The summed E-state index contributed by atoms with van der Waals surface area (Å²) in [5.41, 5.74) is 0.103. The Balaban J connectivity index is 2.36. The van der Waals surface area contributed by atoms with E-state index in [1.165, 1.54) is 17.8 Å². The topological polar surface area (TPSA) is 46.5 Å². The number of methoxy groups -OCH3 is 1. The Hall–Kier alpha value is -1.65. The van der Waals surface area contributed by atoms with Gasteiger partial charge in [0.1, 0.15) is 11.5 Å². The molecule has 0 unspecified atom stereocenters. The lowest BCUT2D eigenvalue weighted by Gasteiger charge is -2.09. The average molecular weight is 295 g/mol. The highest BCUT2D eigenvalue weighted by Crippen LogP contribution is 2.38. The first-order chi connectivity index (χ1) is 9.15. The Morgan fingerprint density at radius 1 is 1.32 bits per heavy atom. The van der Waals surface area contributed by atoms with Crippen LogP contribution in [0.15, 0.2) is 46.2 Å². The molecule has 0 aliphatic rings. The first kappa shape index (κ1) is 13.8. The molecule has 0 saturated heterocycles. The number of ether oxygens (including phenoxy) is 1. The molecule has 0 spiro atoms. The first-order valence-electron chi connectivity index (χ1n) is 5.44. The molecule has 0 saturated carbocycles.